The zero-order valence-corrected chi connectivity index (χ0v) is 15.0. The summed E-state index contributed by atoms with van der Waals surface area (Å²) >= 11 is 0. The van der Waals surface area contributed by atoms with E-state index in [-0.39, 0.29) is 0 Å². The quantitative estimate of drug-likeness (QED) is 0.670. The van der Waals surface area contributed by atoms with Gasteiger partial charge in [-0.2, -0.15) is 5.10 Å². The van der Waals surface area contributed by atoms with Crippen molar-refractivity contribution in [3.8, 4) is 11.1 Å². The molecule has 0 radical (unpaired) electrons. The lowest BCUT2D eigenvalue weighted by molar-refractivity contribution is 0.339. The molecule has 2 fully saturated rings. The summed E-state index contributed by atoms with van der Waals surface area (Å²) in [6, 6.07) is 17.3. The van der Waals surface area contributed by atoms with Crippen LogP contribution in [0.3, 0.4) is 0 Å². The molecular weight excluding hydrogens is 320 g/mol. The summed E-state index contributed by atoms with van der Waals surface area (Å²) in [7, 11) is 0. The first-order valence-corrected chi connectivity index (χ1v) is 9.81. The van der Waals surface area contributed by atoms with Crippen LogP contribution in [0, 0.1) is 0 Å². The molecule has 2 aromatic carbocycles. The Morgan fingerprint density at radius 2 is 1.73 bits per heavy atom. The van der Waals surface area contributed by atoms with Gasteiger partial charge in [0, 0.05) is 29.4 Å². The first kappa shape index (κ1) is 16.0. The molecule has 0 saturated heterocycles. The molecule has 0 spiro atoms. The summed E-state index contributed by atoms with van der Waals surface area (Å²) in [4.78, 5) is 0. The minimum absolute atomic E-state index is 0.427. The van der Waals surface area contributed by atoms with E-state index in [1.807, 2.05) is 6.20 Å². The molecule has 0 unspecified atom stereocenters. The second-order valence-corrected chi connectivity index (χ2v) is 8.02. The van der Waals surface area contributed by atoms with Crippen molar-refractivity contribution in [2.75, 3.05) is 0 Å². The standard InChI is InChI=1S/C22H26N4/c23-18-7-9-19(10-8-18)25-22-12-20(22)15-3-1-14(2-4-15)16-5-6-17-13-24-26-21(17)11-16/h1-6,11,13,18-20,22,25H,7-10,12,23H2,(H,24,26)/t18?,19?,20-,22+/m0/s1. The zero-order chi connectivity index (χ0) is 17.5. The molecule has 2 aliphatic carbocycles. The normalized spacial score (nSPS) is 28.3. The molecule has 1 heterocycles. The van der Waals surface area contributed by atoms with Gasteiger partial charge in [0.1, 0.15) is 0 Å². The van der Waals surface area contributed by atoms with Gasteiger partial charge in [-0.25, -0.2) is 0 Å². The van der Waals surface area contributed by atoms with Crippen LogP contribution in [0.25, 0.3) is 22.0 Å². The predicted octanol–water partition coefficient (Wildman–Crippen LogP) is 3.95. The third kappa shape index (κ3) is 3.15. The molecule has 2 atom stereocenters. The van der Waals surface area contributed by atoms with Crippen LogP contribution in [0.1, 0.15) is 43.6 Å². The number of fused-ring (bicyclic) bond motifs is 1. The Labute approximate surface area is 154 Å². The summed E-state index contributed by atoms with van der Waals surface area (Å²) in [6.45, 7) is 0. The highest BCUT2D eigenvalue weighted by Gasteiger charge is 2.39. The molecule has 0 bridgehead atoms. The second-order valence-electron chi connectivity index (χ2n) is 8.02. The zero-order valence-electron chi connectivity index (χ0n) is 15.0. The van der Waals surface area contributed by atoms with Crippen LogP contribution in [0.15, 0.2) is 48.7 Å². The number of hydrogen-bond donors (Lipinski definition) is 3. The van der Waals surface area contributed by atoms with Gasteiger partial charge >= 0.3 is 0 Å². The minimum atomic E-state index is 0.427. The first-order valence-electron chi connectivity index (χ1n) is 9.81. The molecule has 5 rings (SSSR count). The smallest absolute Gasteiger partial charge is 0.0656 e. The van der Waals surface area contributed by atoms with E-state index in [0.29, 0.717) is 24.0 Å². The summed E-state index contributed by atoms with van der Waals surface area (Å²) < 4.78 is 0. The molecule has 4 N–H and O–H groups in total. The van der Waals surface area contributed by atoms with E-state index in [1.165, 1.54) is 48.8 Å². The highest BCUT2D eigenvalue weighted by molar-refractivity contribution is 5.83. The minimum Gasteiger partial charge on any atom is -0.328 e. The third-order valence-electron chi connectivity index (χ3n) is 6.13. The van der Waals surface area contributed by atoms with Gasteiger partial charge in [-0.15, -0.1) is 0 Å². The van der Waals surface area contributed by atoms with Crippen LogP contribution in [-0.2, 0) is 0 Å². The van der Waals surface area contributed by atoms with Gasteiger partial charge in [0.25, 0.3) is 0 Å². The van der Waals surface area contributed by atoms with Crippen LogP contribution >= 0.6 is 0 Å². The Bertz CT molecular complexity index is 890. The van der Waals surface area contributed by atoms with E-state index in [0.717, 1.165) is 10.9 Å². The largest absolute Gasteiger partial charge is 0.328 e. The molecular formula is C22H26N4. The van der Waals surface area contributed by atoms with E-state index in [9.17, 15) is 0 Å². The number of H-pyrrole nitrogens is 1. The van der Waals surface area contributed by atoms with Crippen molar-refractivity contribution in [3.63, 3.8) is 0 Å². The fourth-order valence-electron chi connectivity index (χ4n) is 4.38. The maximum Gasteiger partial charge on any atom is 0.0656 e. The molecule has 26 heavy (non-hydrogen) atoms. The summed E-state index contributed by atoms with van der Waals surface area (Å²) in [5, 5.41) is 12.2. The van der Waals surface area contributed by atoms with Gasteiger partial charge < -0.3 is 11.1 Å². The van der Waals surface area contributed by atoms with Gasteiger partial charge in [-0.1, -0.05) is 36.4 Å². The van der Waals surface area contributed by atoms with Gasteiger partial charge in [0.2, 0.25) is 0 Å². The topological polar surface area (TPSA) is 66.7 Å². The first-order chi connectivity index (χ1) is 12.8. The Kier molecular flexibility index (Phi) is 4.03. The molecule has 0 amide bonds. The molecule has 2 saturated carbocycles. The van der Waals surface area contributed by atoms with Crippen LogP contribution in [0.5, 0.6) is 0 Å². The van der Waals surface area contributed by atoms with E-state index < -0.39 is 0 Å². The van der Waals surface area contributed by atoms with Crippen LogP contribution < -0.4 is 11.1 Å². The van der Waals surface area contributed by atoms with Crippen molar-refractivity contribution in [1.29, 1.82) is 0 Å². The number of nitrogens with zero attached hydrogens (tertiary/aromatic N) is 1. The molecule has 0 aliphatic heterocycles. The van der Waals surface area contributed by atoms with Crippen LogP contribution in [0.4, 0.5) is 0 Å². The maximum absolute atomic E-state index is 6.02. The Morgan fingerprint density at radius 1 is 0.962 bits per heavy atom. The summed E-state index contributed by atoms with van der Waals surface area (Å²) in [6.07, 6.45) is 7.94. The second kappa shape index (κ2) is 6.53. The molecule has 4 heteroatoms. The molecule has 1 aromatic heterocycles. The van der Waals surface area contributed by atoms with Gasteiger partial charge in [0.05, 0.1) is 11.7 Å². The van der Waals surface area contributed by atoms with Gasteiger partial charge in [0.15, 0.2) is 0 Å². The highest BCUT2D eigenvalue weighted by Crippen LogP contribution is 2.42. The number of nitrogens with one attached hydrogen (secondary N) is 2. The Hall–Kier alpha value is -2.17. The van der Waals surface area contributed by atoms with Crippen LogP contribution in [-0.4, -0.2) is 28.3 Å². The lowest BCUT2D eigenvalue weighted by Gasteiger charge is -2.27. The highest BCUT2D eigenvalue weighted by atomic mass is 15.1. The molecule has 4 nitrogen and oxygen atoms in total. The predicted molar refractivity (Wildman–Crippen MR) is 106 cm³/mol. The molecule has 134 valence electrons. The van der Waals surface area contributed by atoms with Gasteiger partial charge in [-0.3, -0.25) is 5.10 Å². The monoisotopic (exact) mass is 346 g/mol. The Balaban J connectivity index is 1.24. The number of benzene rings is 2. The van der Waals surface area contributed by atoms with E-state index in [1.54, 1.807) is 0 Å². The van der Waals surface area contributed by atoms with Crippen molar-refractivity contribution in [1.82, 2.24) is 15.5 Å². The molecule has 2 aliphatic rings. The molecule has 3 aromatic rings. The van der Waals surface area contributed by atoms with E-state index in [4.69, 9.17) is 5.73 Å². The SMILES string of the molecule is NC1CCC(N[C@@H]2C[C@H]2c2ccc(-c3ccc4cn[nH]c4c3)cc2)CC1. The van der Waals surface area contributed by atoms with Crippen molar-refractivity contribution in [2.24, 2.45) is 5.73 Å². The van der Waals surface area contributed by atoms with Crippen LogP contribution in [0.2, 0.25) is 0 Å². The van der Waals surface area contributed by atoms with Crippen molar-refractivity contribution >= 4 is 10.9 Å². The van der Waals surface area contributed by atoms with Crippen molar-refractivity contribution in [3.05, 3.63) is 54.2 Å². The van der Waals surface area contributed by atoms with Crippen molar-refractivity contribution in [2.45, 2.75) is 56.1 Å². The van der Waals surface area contributed by atoms with Crippen molar-refractivity contribution < 1.29 is 0 Å². The summed E-state index contributed by atoms with van der Waals surface area (Å²) in [5.74, 6) is 0.676. The number of nitrogens with two attached hydrogens (primary N) is 1. The van der Waals surface area contributed by atoms with E-state index >= 15 is 0 Å². The lowest BCUT2D eigenvalue weighted by atomic mass is 9.92. The fraction of sp³-hybridized carbons (Fsp3) is 0.409. The van der Waals surface area contributed by atoms with E-state index in [2.05, 4.69) is 58.0 Å². The Morgan fingerprint density at radius 3 is 2.54 bits per heavy atom. The fourth-order valence-corrected chi connectivity index (χ4v) is 4.38. The average molecular weight is 346 g/mol. The third-order valence-corrected chi connectivity index (χ3v) is 6.13. The number of hydrogen-bond acceptors (Lipinski definition) is 3. The number of rotatable bonds is 4. The van der Waals surface area contributed by atoms with Gasteiger partial charge in [-0.05, 0) is 54.9 Å². The summed E-state index contributed by atoms with van der Waals surface area (Å²) in [5.41, 5.74) is 11.1. The average Bonchev–Trinajstić information content (AvgIpc) is 3.27. The number of aromatic amines is 1. The maximum atomic E-state index is 6.02. The number of aromatic nitrogens is 2. The lowest BCUT2D eigenvalue weighted by Crippen LogP contribution is -2.38.